The summed E-state index contributed by atoms with van der Waals surface area (Å²) in [5.74, 6) is -0.909. The molecule has 3 rings (SSSR count). The molecule has 0 aliphatic carbocycles. The van der Waals surface area contributed by atoms with E-state index in [-0.39, 0.29) is 6.42 Å². The highest BCUT2D eigenvalue weighted by Crippen LogP contribution is 2.27. The highest BCUT2D eigenvalue weighted by molar-refractivity contribution is 6.05. The summed E-state index contributed by atoms with van der Waals surface area (Å²) in [6, 6.07) is 11.6. The Morgan fingerprint density at radius 1 is 1.18 bits per heavy atom. The summed E-state index contributed by atoms with van der Waals surface area (Å²) in [5, 5.41) is 15.4. The molecule has 1 aromatic heterocycles. The molecule has 17 heavy (non-hydrogen) atoms. The fourth-order valence-corrected chi connectivity index (χ4v) is 1.99. The molecular weight excluding hydrogens is 218 g/mol. The molecule has 1 N–H and O–H groups in total. The van der Waals surface area contributed by atoms with Crippen molar-refractivity contribution in [1.29, 1.82) is 0 Å². The van der Waals surface area contributed by atoms with E-state index in [1.807, 2.05) is 36.4 Å². The monoisotopic (exact) mass is 227 g/mol. The molecule has 0 saturated heterocycles. The van der Waals surface area contributed by atoms with Crippen LogP contribution in [0.2, 0.25) is 0 Å². The molecule has 0 amide bonds. The van der Waals surface area contributed by atoms with Crippen LogP contribution < -0.4 is 0 Å². The SMILES string of the molecule is O=C(O)Cc1noc2c1ccc1ccccc12. The predicted octanol–water partition coefficient (Wildman–Crippen LogP) is 2.61. The zero-order valence-electron chi connectivity index (χ0n) is 8.88. The zero-order valence-corrected chi connectivity index (χ0v) is 8.88. The van der Waals surface area contributed by atoms with Crippen LogP contribution in [-0.2, 0) is 11.2 Å². The Balaban J connectivity index is 2.31. The lowest BCUT2D eigenvalue weighted by molar-refractivity contribution is -0.136. The molecule has 0 bridgehead atoms. The van der Waals surface area contributed by atoms with Crippen LogP contribution in [0.5, 0.6) is 0 Å². The van der Waals surface area contributed by atoms with Crippen LogP contribution in [0.1, 0.15) is 5.69 Å². The maximum atomic E-state index is 10.7. The minimum absolute atomic E-state index is 0.120. The van der Waals surface area contributed by atoms with Crippen LogP contribution in [0, 0.1) is 0 Å². The average molecular weight is 227 g/mol. The van der Waals surface area contributed by atoms with Gasteiger partial charge in [0.1, 0.15) is 5.69 Å². The first-order valence-corrected chi connectivity index (χ1v) is 5.23. The first-order valence-electron chi connectivity index (χ1n) is 5.23. The third-order valence-corrected chi connectivity index (χ3v) is 2.76. The Bertz CT molecular complexity index is 715. The van der Waals surface area contributed by atoms with Crippen molar-refractivity contribution in [3.8, 4) is 0 Å². The molecule has 0 fully saturated rings. The molecule has 0 aliphatic rings. The number of nitrogens with zero attached hydrogens (tertiary/aromatic N) is 1. The molecule has 0 atom stereocenters. The van der Waals surface area contributed by atoms with E-state index >= 15 is 0 Å². The van der Waals surface area contributed by atoms with E-state index in [1.54, 1.807) is 0 Å². The number of aliphatic carboxylic acids is 1. The second-order valence-corrected chi connectivity index (χ2v) is 3.86. The minimum Gasteiger partial charge on any atom is -0.481 e. The van der Waals surface area contributed by atoms with Gasteiger partial charge in [-0.2, -0.15) is 0 Å². The molecule has 0 saturated carbocycles. The van der Waals surface area contributed by atoms with Gasteiger partial charge in [0.05, 0.1) is 6.42 Å². The number of carbonyl (C=O) groups is 1. The van der Waals surface area contributed by atoms with Gasteiger partial charge in [-0.15, -0.1) is 0 Å². The van der Waals surface area contributed by atoms with Crippen molar-refractivity contribution >= 4 is 27.7 Å². The highest BCUT2D eigenvalue weighted by Gasteiger charge is 2.13. The Morgan fingerprint density at radius 3 is 2.82 bits per heavy atom. The second kappa shape index (κ2) is 3.59. The van der Waals surface area contributed by atoms with Crippen molar-refractivity contribution in [3.05, 3.63) is 42.1 Å². The van der Waals surface area contributed by atoms with Crippen LogP contribution in [0.3, 0.4) is 0 Å². The minimum atomic E-state index is -0.909. The summed E-state index contributed by atoms with van der Waals surface area (Å²) in [6.07, 6.45) is -0.120. The number of carboxylic acids is 1. The lowest BCUT2D eigenvalue weighted by atomic mass is 10.1. The van der Waals surface area contributed by atoms with Gasteiger partial charge in [-0.1, -0.05) is 35.5 Å². The molecule has 4 heteroatoms. The first kappa shape index (κ1) is 9.84. The molecular formula is C13H9NO3. The van der Waals surface area contributed by atoms with E-state index in [0.29, 0.717) is 11.3 Å². The summed E-state index contributed by atoms with van der Waals surface area (Å²) in [7, 11) is 0. The van der Waals surface area contributed by atoms with Crippen LogP contribution in [0.4, 0.5) is 0 Å². The summed E-state index contributed by atoms with van der Waals surface area (Å²) in [6.45, 7) is 0. The predicted molar refractivity (Wildman–Crippen MR) is 62.9 cm³/mol. The Morgan fingerprint density at radius 2 is 2.00 bits per heavy atom. The second-order valence-electron chi connectivity index (χ2n) is 3.86. The van der Waals surface area contributed by atoms with Crippen LogP contribution >= 0.6 is 0 Å². The van der Waals surface area contributed by atoms with Gasteiger partial charge in [-0.3, -0.25) is 4.79 Å². The van der Waals surface area contributed by atoms with Crippen molar-refractivity contribution < 1.29 is 14.4 Å². The van der Waals surface area contributed by atoms with Crippen molar-refractivity contribution in [1.82, 2.24) is 5.16 Å². The fraction of sp³-hybridized carbons (Fsp3) is 0.0769. The number of carboxylic acid groups (broad SMARTS) is 1. The van der Waals surface area contributed by atoms with Gasteiger partial charge in [0.15, 0.2) is 5.58 Å². The first-order chi connectivity index (χ1) is 8.25. The quantitative estimate of drug-likeness (QED) is 0.730. The van der Waals surface area contributed by atoms with E-state index in [2.05, 4.69) is 5.16 Å². The molecule has 0 aliphatic heterocycles. The van der Waals surface area contributed by atoms with Crippen molar-refractivity contribution in [2.24, 2.45) is 0 Å². The van der Waals surface area contributed by atoms with Crippen molar-refractivity contribution in [3.63, 3.8) is 0 Å². The maximum Gasteiger partial charge on any atom is 0.309 e. The highest BCUT2D eigenvalue weighted by atomic mass is 16.5. The lowest BCUT2D eigenvalue weighted by Gasteiger charge is -1.96. The van der Waals surface area contributed by atoms with E-state index in [9.17, 15) is 4.79 Å². The number of fused-ring (bicyclic) bond motifs is 3. The molecule has 0 unspecified atom stereocenters. The van der Waals surface area contributed by atoms with Crippen molar-refractivity contribution in [2.45, 2.75) is 6.42 Å². The van der Waals surface area contributed by atoms with Crippen molar-refractivity contribution in [2.75, 3.05) is 0 Å². The number of aromatic nitrogens is 1. The maximum absolute atomic E-state index is 10.7. The lowest BCUT2D eigenvalue weighted by Crippen LogP contribution is -2.00. The summed E-state index contributed by atoms with van der Waals surface area (Å²) in [5.41, 5.74) is 1.12. The van der Waals surface area contributed by atoms with Crippen LogP contribution in [0.15, 0.2) is 40.9 Å². The summed E-state index contributed by atoms with van der Waals surface area (Å²) < 4.78 is 5.25. The van der Waals surface area contributed by atoms with E-state index < -0.39 is 5.97 Å². The third kappa shape index (κ3) is 1.54. The van der Waals surface area contributed by atoms with Gasteiger partial charge >= 0.3 is 5.97 Å². The van der Waals surface area contributed by atoms with Gasteiger partial charge in [0.2, 0.25) is 0 Å². The molecule has 3 aromatic rings. The summed E-state index contributed by atoms with van der Waals surface area (Å²) in [4.78, 5) is 10.7. The number of hydrogen-bond donors (Lipinski definition) is 1. The molecule has 1 heterocycles. The molecule has 0 radical (unpaired) electrons. The zero-order chi connectivity index (χ0) is 11.8. The van der Waals surface area contributed by atoms with E-state index in [1.165, 1.54) is 0 Å². The Labute approximate surface area is 96.4 Å². The number of benzene rings is 2. The molecule has 0 spiro atoms. The fourth-order valence-electron chi connectivity index (χ4n) is 1.99. The largest absolute Gasteiger partial charge is 0.481 e. The summed E-state index contributed by atoms with van der Waals surface area (Å²) >= 11 is 0. The van der Waals surface area contributed by atoms with Gasteiger partial charge in [-0.25, -0.2) is 0 Å². The van der Waals surface area contributed by atoms with Crippen LogP contribution in [0.25, 0.3) is 21.7 Å². The normalized spacial score (nSPS) is 11.1. The smallest absolute Gasteiger partial charge is 0.309 e. The molecule has 4 nitrogen and oxygen atoms in total. The number of hydrogen-bond acceptors (Lipinski definition) is 3. The van der Waals surface area contributed by atoms with E-state index in [0.717, 1.165) is 16.2 Å². The number of rotatable bonds is 2. The van der Waals surface area contributed by atoms with Crippen LogP contribution in [-0.4, -0.2) is 16.2 Å². The molecule has 2 aromatic carbocycles. The van der Waals surface area contributed by atoms with E-state index in [4.69, 9.17) is 9.63 Å². The third-order valence-electron chi connectivity index (χ3n) is 2.76. The Kier molecular flexibility index (Phi) is 2.08. The molecule has 84 valence electrons. The average Bonchev–Trinajstić information content (AvgIpc) is 2.72. The van der Waals surface area contributed by atoms with Gasteiger partial charge in [0.25, 0.3) is 0 Å². The standard InChI is InChI=1S/C13H9NO3/c15-12(16)7-11-10-6-5-8-3-1-2-4-9(8)13(10)17-14-11/h1-6H,7H2,(H,15,16). The Hall–Kier alpha value is -2.36. The van der Waals surface area contributed by atoms with Gasteiger partial charge < -0.3 is 9.63 Å². The van der Waals surface area contributed by atoms with Gasteiger partial charge in [-0.05, 0) is 11.5 Å². The van der Waals surface area contributed by atoms with Gasteiger partial charge in [0, 0.05) is 10.8 Å². The topological polar surface area (TPSA) is 63.3 Å².